The van der Waals surface area contributed by atoms with E-state index in [4.69, 9.17) is 22.4 Å². The Bertz CT molecular complexity index is 514. The predicted octanol–water partition coefficient (Wildman–Crippen LogP) is 1.19. The fourth-order valence-corrected chi connectivity index (χ4v) is 1.41. The largest absolute Gasteiger partial charge is 0.481 e. The van der Waals surface area contributed by atoms with Crippen molar-refractivity contribution in [3.05, 3.63) is 34.3 Å². The van der Waals surface area contributed by atoms with E-state index < -0.39 is 11.9 Å². The van der Waals surface area contributed by atoms with Gasteiger partial charge in [-0.25, -0.2) is 0 Å². The van der Waals surface area contributed by atoms with E-state index in [9.17, 15) is 9.59 Å². The molecule has 0 fully saturated rings. The van der Waals surface area contributed by atoms with Gasteiger partial charge in [0, 0.05) is 10.6 Å². The second-order valence-corrected chi connectivity index (χ2v) is 3.73. The van der Waals surface area contributed by atoms with Crippen molar-refractivity contribution in [2.75, 3.05) is 0 Å². The van der Waals surface area contributed by atoms with Crippen molar-refractivity contribution in [2.24, 2.45) is 5.73 Å². The second kappa shape index (κ2) is 5.92. The Balaban J connectivity index is 2.84. The van der Waals surface area contributed by atoms with Crippen LogP contribution >= 0.6 is 11.6 Å². The van der Waals surface area contributed by atoms with Gasteiger partial charge >= 0.3 is 5.97 Å². The number of nitrogens with two attached hydrogens (primary N) is 1. The second-order valence-electron chi connectivity index (χ2n) is 3.32. The third-order valence-corrected chi connectivity index (χ3v) is 2.24. The molecule has 1 aromatic carbocycles. The van der Waals surface area contributed by atoms with Gasteiger partial charge in [0.2, 0.25) is 5.91 Å². The van der Waals surface area contributed by atoms with E-state index >= 15 is 0 Å². The molecule has 1 aromatic rings. The normalized spacial score (nSPS) is 9.24. The summed E-state index contributed by atoms with van der Waals surface area (Å²) >= 11 is 5.89. The molecular weight excluding hydrogens is 242 g/mol. The van der Waals surface area contributed by atoms with Gasteiger partial charge in [-0.2, -0.15) is 0 Å². The molecule has 1 amide bonds. The van der Waals surface area contributed by atoms with Crippen LogP contribution < -0.4 is 5.73 Å². The van der Waals surface area contributed by atoms with Crippen LogP contribution in [0.15, 0.2) is 18.2 Å². The Morgan fingerprint density at radius 3 is 2.65 bits per heavy atom. The van der Waals surface area contributed by atoms with Crippen LogP contribution in [0.3, 0.4) is 0 Å². The fraction of sp³-hybridized carbons (Fsp3) is 0.167. The molecule has 0 bridgehead atoms. The van der Waals surface area contributed by atoms with E-state index in [0.29, 0.717) is 16.1 Å². The van der Waals surface area contributed by atoms with Crippen molar-refractivity contribution in [2.45, 2.75) is 12.8 Å². The molecule has 3 N–H and O–H groups in total. The highest BCUT2D eigenvalue weighted by molar-refractivity contribution is 6.31. The van der Waals surface area contributed by atoms with Crippen LogP contribution in [0.4, 0.5) is 0 Å². The Labute approximate surface area is 103 Å². The average Bonchev–Trinajstić information content (AvgIpc) is 2.21. The number of rotatable bonds is 3. The Hall–Kier alpha value is -1.99. The molecule has 0 unspecified atom stereocenters. The molecule has 0 atom stereocenters. The van der Waals surface area contributed by atoms with Crippen molar-refractivity contribution in [1.82, 2.24) is 0 Å². The summed E-state index contributed by atoms with van der Waals surface area (Å²) in [4.78, 5) is 21.0. The summed E-state index contributed by atoms with van der Waals surface area (Å²) in [5.74, 6) is 3.86. The molecule has 5 heteroatoms. The standard InChI is InChI=1S/C12H10ClNO3/c13-10-6-8(2-1-3-11(14)15)4-5-9(10)7-12(16)17/h4-6H,3,7H2,(H2,14,15)(H,16,17). The minimum absolute atomic E-state index is 0.0193. The van der Waals surface area contributed by atoms with Crippen molar-refractivity contribution in [1.29, 1.82) is 0 Å². The van der Waals surface area contributed by atoms with E-state index in [2.05, 4.69) is 11.8 Å². The quantitative estimate of drug-likeness (QED) is 0.792. The number of halogens is 1. The SMILES string of the molecule is NC(=O)CC#Cc1ccc(CC(=O)O)c(Cl)c1. The monoisotopic (exact) mass is 251 g/mol. The lowest BCUT2D eigenvalue weighted by molar-refractivity contribution is -0.136. The first-order chi connectivity index (χ1) is 7.99. The maximum atomic E-state index is 10.5. The van der Waals surface area contributed by atoms with Crippen molar-refractivity contribution < 1.29 is 14.7 Å². The van der Waals surface area contributed by atoms with Crippen molar-refractivity contribution >= 4 is 23.5 Å². The van der Waals surface area contributed by atoms with Gasteiger partial charge in [-0.3, -0.25) is 9.59 Å². The zero-order valence-electron chi connectivity index (χ0n) is 8.87. The highest BCUT2D eigenvalue weighted by atomic mass is 35.5. The molecule has 0 saturated heterocycles. The summed E-state index contributed by atoms with van der Waals surface area (Å²) in [5.41, 5.74) is 6.08. The zero-order valence-corrected chi connectivity index (χ0v) is 9.62. The van der Waals surface area contributed by atoms with Gasteiger partial charge in [-0.1, -0.05) is 29.5 Å². The average molecular weight is 252 g/mol. The van der Waals surface area contributed by atoms with Gasteiger partial charge in [-0.05, 0) is 17.7 Å². The van der Waals surface area contributed by atoms with Gasteiger partial charge in [0.25, 0.3) is 0 Å². The fourth-order valence-electron chi connectivity index (χ4n) is 1.16. The van der Waals surface area contributed by atoms with Crippen LogP contribution in [0.1, 0.15) is 17.5 Å². The Morgan fingerprint density at radius 1 is 1.41 bits per heavy atom. The third kappa shape index (κ3) is 4.58. The van der Waals surface area contributed by atoms with Crippen LogP contribution in [0.25, 0.3) is 0 Å². The van der Waals surface area contributed by atoms with Crippen LogP contribution in [0.2, 0.25) is 5.02 Å². The number of amides is 1. The van der Waals surface area contributed by atoms with Gasteiger partial charge in [-0.15, -0.1) is 0 Å². The highest BCUT2D eigenvalue weighted by Gasteiger charge is 2.05. The van der Waals surface area contributed by atoms with Gasteiger partial charge < -0.3 is 10.8 Å². The molecule has 0 aliphatic heterocycles. The van der Waals surface area contributed by atoms with Crippen LogP contribution in [0.5, 0.6) is 0 Å². The van der Waals surface area contributed by atoms with Gasteiger partial charge in [0.15, 0.2) is 0 Å². The van der Waals surface area contributed by atoms with Crippen LogP contribution in [0, 0.1) is 11.8 Å². The van der Waals surface area contributed by atoms with E-state index in [0.717, 1.165) is 0 Å². The summed E-state index contributed by atoms with van der Waals surface area (Å²) in [6.07, 6.45) is -0.150. The molecule has 0 heterocycles. The highest BCUT2D eigenvalue weighted by Crippen LogP contribution is 2.18. The maximum absolute atomic E-state index is 10.5. The molecule has 0 spiro atoms. The molecule has 0 radical (unpaired) electrons. The molecule has 0 aromatic heterocycles. The topological polar surface area (TPSA) is 80.4 Å². The Kier molecular flexibility index (Phi) is 4.56. The van der Waals surface area contributed by atoms with Gasteiger partial charge in [0.1, 0.15) is 0 Å². The molecule has 1 rings (SSSR count). The van der Waals surface area contributed by atoms with E-state index in [1.807, 2.05) is 0 Å². The smallest absolute Gasteiger partial charge is 0.307 e. The summed E-state index contributed by atoms with van der Waals surface area (Å²) < 4.78 is 0. The zero-order chi connectivity index (χ0) is 12.8. The summed E-state index contributed by atoms with van der Waals surface area (Å²) in [7, 11) is 0. The van der Waals surface area contributed by atoms with Crippen molar-refractivity contribution in [3.63, 3.8) is 0 Å². The number of aliphatic carboxylic acids is 1. The van der Waals surface area contributed by atoms with E-state index in [1.54, 1.807) is 18.2 Å². The minimum atomic E-state index is -0.945. The molecular formula is C12H10ClNO3. The van der Waals surface area contributed by atoms with E-state index in [1.165, 1.54) is 0 Å². The number of hydrogen-bond donors (Lipinski definition) is 2. The molecule has 0 aliphatic rings. The van der Waals surface area contributed by atoms with Crippen LogP contribution in [-0.2, 0) is 16.0 Å². The lowest BCUT2D eigenvalue weighted by Gasteiger charge is -2.01. The molecule has 4 nitrogen and oxygen atoms in total. The number of benzene rings is 1. The molecule has 88 valence electrons. The lowest BCUT2D eigenvalue weighted by atomic mass is 10.1. The number of hydrogen-bond acceptors (Lipinski definition) is 2. The molecule has 0 saturated carbocycles. The van der Waals surface area contributed by atoms with E-state index in [-0.39, 0.29) is 12.8 Å². The first kappa shape index (κ1) is 13.1. The lowest BCUT2D eigenvalue weighted by Crippen LogP contribution is -2.08. The number of carbonyl (C=O) groups excluding carboxylic acids is 1. The number of carboxylic acids is 1. The predicted molar refractivity (Wildman–Crippen MR) is 63.5 cm³/mol. The summed E-state index contributed by atoms with van der Waals surface area (Å²) in [5, 5.41) is 8.97. The van der Waals surface area contributed by atoms with Crippen molar-refractivity contribution in [3.8, 4) is 11.8 Å². The van der Waals surface area contributed by atoms with Gasteiger partial charge in [0.05, 0.1) is 12.8 Å². The summed E-state index contributed by atoms with van der Waals surface area (Å²) in [6.45, 7) is 0. The number of carbonyl (C=O) groups is 2. The minimum Gasteiger partial charge on any atom is -0.481 e. The molecule has 17 heavy (non-hydrogen) atoms. The van der Waals surface area contributed by atoms with Crippen LogP contribution in [-0.4, -0.2) is 17.0 Å². The number of primary amides is 1. The first-order valence-electron chi connectivity index (χ1n) is 4.76. The Morgan fingerprint density at radius 2 is 2.12 bits per heavy atom. The maximum Gasteiger partial charge on any atom is 0.307 e. The first-order valence-corrected chi connectivity index (χ1v) is 5.14. The third-order valence-electron chi connectivity index (χ3n) is 1.89. The summed E-state index contributed by atoms with van der Waals surface area (Å²) in [6, 6.07) is 4.82. The molecule has 0 aliphatic carbocycles. The number of carboxylic acid groups (broad SMARTS) is 1.